The fraction of sp³-hybridized carbons (Fsp3) is 0.368. The Morgan fingerprint density at radius 2 is 1.81 bits per heavy atom. The predicted molar refractivity (Wildman–Crippen MR) is 102 cm³/mol. The molecule has 1 aliphatic heterocycles. The van der Waals surface area contributed by atoms with Gasteiger partial charge in [-0.15, -0.1) is 10.2 Å². The van der Waals surface area contributed by atoms with Gasteiger partial charge in [-0.1, -0.05) is 6.07 Å². The van der Waals surface area contributed by atoms with E-state index in [0.717, 1.165) is 5.56 Å². The maximum absolute atomic E-state index is 12.5. The van der Waals surface area contributed by atoms with Crippen molar-refractivity contribution in [3.63, 3.8) is 0 Å². The van der Waals surface area contributed by atoms with E-state index < -0.39 is 0 Å². The molecule has 8 nitrogen and oxygen atoms in total. The van der Waals surface area contributed by atoms with Gasteiger partial charge in [0.25, 0.3) is 5.91 Å². The Morgan fingerprint density at radius 3 is 2.41 bits per heavy atom. The summed E-state index contributed by atoms with van der Waals surface area (Å²) in [5.41, 5.74) is 1.83. The van der Waals surface area contributed by atoms with Gasteiger partial charge in [0.2, 0.25) is 5.91 Å². The average molecular weight is 369 g/mol. The second kappa shape index (κ2) is 8.03. The first-order chi connectivity index (χ1) is 13.0. The van der Waals surface area contributed by atoms with Gasteiger partial charge >= 0.3 is 0 Å². The molecule has 0 bridgehead atoms. The first-order valence-corrected chi connectivity index (χ1v) is 8.78. The number of hydrogen-bond acceptors (Lipinski definition) is 6. The van der Waals surface area contributed by atoms with Crippen molar-refractivity contribution in [3.8, 4) is 5.75 Å². The van der Waals surface area contributed by atoms with Crippen LogP contribution >= 0.6 is 0 Å². The molecule has 2 aromatic rings. The zero-order chi connectivity index (χ0) is 19.4. The number of hydrogen-bond donors (Lipinski definition) is 1. The number of aromatic nitrogens is 2. The molecule has 0 unspecified atom stereocenters. The molecule has 2 amide bonds. The third-order valence-corrected chi connectivity index (χ3v) is 4.54. The zero-order valence-corrected chi connectivity index (χ0v) is 15.7. The third-order valence-electron chi connectivity index (χ3n) is 4.54. The van der Waals surface area contributed by atoms with Crippen LogP contribution in [0.25, 0.3) is 0 Å². The molecule has 27 heavy (non-hydrogen) atoms. The van der Waals surface area contributed by atoms with Crippen molar-refractivity contribution in [3.05, 3.63) is 41.6 Å². The van der Waals surface area contributed by atoms with E-state index in [0.29, 0.717) is 43.4 Å². The smallest absolute Gasteiger partial charge is 0.276 e. The minimum atomic E-state index is -0.348. The Bertz CT molecular complexity index is 830. The van der Waals surface area contributed by atoms with Gasteiger partial charge in [0.1, 0.15) is 5.75 Å². The van der Waals surface area contributed by atoms with Crippen LogP contribution in [0.5, 0.6) is 5.75 Å². The summed E-state index contributed by atoms with van der Waals surface area (Å²) in [6.07, 6.45) is 0. The molecule has 0 saturated carbocycles. The number of methoxy groups -OCH3 is 1. The Labute approximate surface area is 158 Å². The standard InChI is InChI=1S/C19H23N5O3/c1-13-4-6-17(27-3)16(12-13)20-19(26)15-5-7-18(22-21-15)24-10-8-23(9-11-24)14(2)25/h4-7,12H,8-11H2,1-3H3,(H,20,26). The minimum Gasteiger partial charge on any atom is -0.495 e. The number of carbonyl (C=O) groups excluding carboxylic acids is 2. The first-order valence-electron chi connectivity index (χ1n) is 8.78. The Kier molecular flexibility index (Phi) is 5.54. The summed E-state index contributed by atoms with van der Waals surface area (Å²) in [5.74, 6) is 1.02. The quantitative estimate of drug-likeness (QED) is 0.883. The Balaban J connectivity index is 1.66. The summed E-state index contributed by atoms with van der Waals surface area (Å²) >= 11 is 0. The minimum absolute atomic E-state index is 0.0827. The van der Waals surface area contributed by atoms with Gasteiger partial charge in [0, 0.05) is 33.1 Å². The molecule has 0 aliphatic carbocycles. The number of nitrogens with zero attached hydrogens (tertiary/aromatic N) is 4. The largest absolute Gasteiger partial charge is 0.495 e. The molecule has 8 heteroatoms. The molecule has 0 radical (unpaired) electrons. The van der Waals surface area contributed by atoms with Crippen molar-refractivity contribution in [2.75, 3.05) is 43.5 Å². The van der Waals surface area contributed by atoms with E-state index in [9.17, 15) is 9.59 Å². The summed E-state index contributed by atoms with van der Waals surface area (Å²) in [5, 5.41) is 11.0. The van der Waals surface area contributed by atoms with Gasteiger partial charge < -0.3 is 19.9 Å². The second-order valence-electron chi connectivity index (χ2n) is 6.43. The number of piperazine rings is 1. The Hall–Kier alpha value is -3.16. The number of nitrogens with one attached hydrogen (secondary N) is 1. The molecule has 0 spiro atoms. The van der Waals surface area contributed by atoms with Crippen LogP contribution in [-0.2, 0) is 4.79 Å². The molecular weight excluding hydrogens is 346 g/mol. The van der Waals surface area contributed by atoms with Crippen molar-refractivity contribution in [2.45, 2.75) is 13.8 Å². The van der Waals surface area contributed by atoms with E-state index in [1.165, 1.54) is 0 Å². The average Bonchev–Trinajstić information content (AvgIpc) is 2.68. The number of benzene rings is 1. The summed E-state index contributed by atoms with van der Waals surface area (Å²) in [6, 6.07) is 8.98. The number of carbonyl (C=O) groups is 2. The lowest BCUT2D eigenvalue weighted by atomic mass is 10.2. The number of aryl methyl sites for hydroxylation is 1. The highest BCUT2D eigenvalue weighted by Gasteiger charge is 2.20. The van der Waals surface area contributed by atoms with Crippen molar-refractivity contribution in [1.82, 2.24) is 15.1 Å². The SMILES string of the molecule is COc1ccc(C)cc1NC(=O)c1ccc(N2CCN(C(C)=O)CC2)nn1. The van der Waals surface area contributed by atoms with Gasteiger partial charge in [-0.05, 0) is 36.8 Å². The predicted octanol–water partition coefficient (Wildman–Crippen LogP) is 1.71. The maximum Gasteiger partial charge on any atom is 0.276 e. The number of ether oxygens (including phenoxy) is 1. The van der Waals surface area contributed by atoms with Gasteiger partial charge in [-0.25, -0.2) is 0 Å². The molecule has 1 aliphatic rings. The summed E-state index contributed by atoms with van der Waals surface area (Å²) in [7, 11) is 1.56. The van der Waals surface area contributed by atoms with Crippen LogP contribution in [0.3, 0.4) is 0 Å². The Morgan fingerprint density at radius 1 is 1.07 bits per heavy atom. The van der Waals surface area contributed by atoms with Crippen LogP contribution in [0.1, 0.15) is 23.0 Å². The topological polar surface area (TPSA) is 87.7 Å². The molecular formula is C19H23N5O3. The molecule has 0 atom stereocenters. The molecule has 142 valence electrons. The molecule has 3 rings (SSSR count). The lowest BCUT2D eigenvalue weighted by Crippen LogP contribution is -2.48. The van der Waals surface area contributed by atoms with E-state index in [2.05, 4.69) is 20.4 Å². The summed E-state index contributed by atoms with van der Waals surface area (Å²) < 4.78 is 5.28. The first kappa shape index (κ1) is 18.6. The zero-order valence-electron chi connectivity index (χ0n) is 15.7. The van der Waals surface area contributed by atoms with Crippen LogP contribution in [0.2, 0.25) is 0 Å². The highest BCUT2D eigenvalue weighted by atomic mass is 16.5. The van der Waals surface area contributed by atoms with E-state index in [1.54, 1.807) is 37.1 Å². The van der Waals surface area contributed by atoms with Crippen LogP contribution in [0.4, 0.5) is 11.5 Å². The highest BCUT2D eigenvalue weighted by Crippen LogP contribution is 2.25. The van der Waals surface area contributed by atoms with Gasteiger partial charge in [0.05, 0.1) is 12.8 Å². The van der Waals surface area contributed by atoms with Gasteiger partial charge in [-0.2, -0.15) is 0 Å². The number of rotatable bonds is 4. The highest BCUT2D eigenvalue weighted by molar-refractivity contribution is 6.03. The normalized spacial score (nSPS) is 14.0. The maximum atomic E-state index is 12.5. The third kappa shape index (κ3) is 4.33. The van der Waals surface area contributed by atoms with Crippen LogP contribution in [0, 0.1) is 6.92 Å². The van der Waals surface area contributed by atoms with Crippen LogP contribution in [0.15, 0.2) is 30.3 Å². The van der Waals surface area contributed by atoms with E-state index in [4.69, 9.17) is 4.74 Å². The monoisotopic (exact) mass is 369 g/mol. The number of amides is 2. The van der Waals surface area contributed by atoms with Gasteiger partial charge in [-0.3, -0.25) is 9.59 Å². The molecule has 1 N–H and O–H groups in total. The van der Waals surface area contributed by atoms with Crippen molar-refractivity contribution in [1.29, 1.82) is 0 Å². The van der Waals surface area contributed by atoms with E-state index in [-0.39, 0.29) is 17.5 Å². The lowest BCUT2D eigenvalue weighted by molar-refractivity contribution is -0.129. The number of anilines is 2. The molecule has 1 aromatic carbocycles. The summed E-state index contributed by atoms with van der Waals surface area (Å²) in [6.45, 7) is 6.22. The van der Waals surface area contributed by atoms with Gasteiger partial charge in [0.15, 0.2) is 11.5 Å². The van der Waals surface area contributed by atoms with E-state index in [1.807, 2.05) is 19.1 Å². The second-order valence-corrected chi connectivity index (χ2v) is 6.43. The van der Waals surface area contributed by atoms with Crippen molar-refractivity contribution in [2.24, 2.45) is 0 Å². The molecule has 2 heterocycles. The lowest BCUT2D eigenvalue weighted by Gasteiger charge is -2.34. The van der Waals surface area contributed by atoms with E-state index >= 15 is 0 Å². The fourth-order valence-corrected chi connectivity index (χ4v) is 2.97. The van der Waals surface area contributed by atoms with Crippen molar-refractivity contribution < 1.29 is 14.3 Å². The van der Waals surface area contributed by atoms with Crippen LogP contribution < -0.4 is 15.0 Å². The fourth-order valence-electron chi connectivity index (χ4n) is 2.97. The molecule has 1 aromatic heterocycles. The van der Waals surface area contributed by atoms with Crippen molar-refractivity contribution >= 4 is 23.3 Å². The van der Waals surface area contributed by atoms with Crippen LogP contribution in [-0.4, -0.2) is 60.2 Å². The molecule has 1 fully saturated rings. The summed E-state index contributed by atoms with van der Waals surface area (Å²) in [4.78, 5) is 27.7. The molecule has 1 saturated heterocycles.